The summed E-state index contributed by atoms with van der Waals surface area (Å²) < 4.78 is 0. The number of hydrogen-bond acceptors (Lipinski definition) is 3. The molecule has 1 unspecified atom stereocenters. The van der Waals surface area contributed by atoms with Crippen LogP contribution in [0.3, 0.4) is 0 Å². The van der Waals surface area contributed by atoms with E-state index in [1.165, 1.54) is 23.5 Å². The monoisotopic (exact) mass is 250 g/mol. The summed E-state index contributed by atoms with van der Waals surface area (Å²) in [4.78, 5) is 11.0. The largest absolute Gasteiger partial charge is 0.366 e. The molecular weight excluding hydrogens is 232 g/mol. The van der Waals surface area contributed by atoms with Crippen molar-refractivity contribution in [3.05, 3.63) is 34.9 Å². The Balaban J connectivity index is 1.98. The Kier molecular flexibility index (Phi) is 4.07. The van der Waals surface area contributed by atoms with Gasteiger partial charge in [0.25, 0.3) is 0 Å². The molecule has 2 rings (SSSR count). The lowest BCUT2D eigenvalue weighted by Gasteiger charge is -2.13. The molecule has 0 saturated carbocycles. The minimum atomic E-state index is -0.361. The number of carbonyl (C=O) groups excluding carboxylic acids is 1. The summed E-state index contributed by atoms with van der Waals surface area (Å²) in [6.07, 6.45) is 1.25. The quantitative estimate of drug-likeness (QED) is 0.855. The summed E-state index contributed by atoms with van der Waals surface area (Å²) >= 11 is 2.00. The fourth-order valence-corrected chi connectivity index (χ4v) is 3.18. The average Bonchev–Trinajstić information content (AvgIpc) is 2.80. The lowest BCUT2D eigenvalue weighted by molar-refractivity contribution is 0.1000. The Morgan fingerprint density at radius 1 is 1.59 bits per heavy atom. The molecule has 1 aliphatic rings. The molecule has 1 amide bonds. The molecule has 17 heavy (non-hydrogen) atoms. The summed E-state index contributed by atoms with van der Waals surface area (Å²) in [5, 5.41) is 3.55. The standard InChI is InChI=1S/C13H18N2OS/c1-9-6-10(13(14)16)2-3-11(9)7-15-12-4-5-17-8-12/h2-3,6,12,15H,4-5,7-8H2,1H3,(H2,14,16). The van der Waals surface area contributed by atoms with Gasteiger partial charge in [-0.1, -0.05) is 6.07 Å². The van der Waals surface area contributed by atoms with E-state index in [9.17, 15) is 4.79 Å². The highest BCUT2D eigenvalue weighted by Gasteiger charge is 2.14. The molecule has 0 bridgehead atoms. The first-order valence-corrected chi connectivity index (χ1v) is 7.03. The number of rotatable bonds is 4. The highest BCUT2D eigenvalue weighted by atomic mass is 32.2. The fraction of sp³-hybridized carbons (Fsp3) is 0.462. The van der Waals surface area contributed by atoms with Crippen LogP contribution in [0.2, 0.25) is 0 Å². The highest BCUT2D eigenvalue weighted by molar-refractivity contribution is 7.99. The first kappa shape index (κ1) is 12.5. The highest BCUT2D eigenvalue weighted by Crippen LogP contribution is 2.18. The van der Waals surface area contributed by atoms with Gasteiger partial charge in [-0.05, 0) is 42.4 Å². The summed E-state index contributed by atoms with van der Waals surface area (Å²) in [7, 11) is 0. The molecule has 0 aliphatic carbocycles. The van der Waals surface area contributed by atoms with Gasteiger partial charge in [0.15, 0.2) is 0 Å². The minimum absolute atomic E-state index is 0.361. The maximum Gasteiger partial charge on any atom is 0.248 e. The molecule has 1 heterocycles. The molecule has 0 spiro atoms. The van der Waals surface area contributed by atoms with Gasteiger partial charge in [-0.2, -0.15) is 11.8 Å². The molecule has 1 aliphatic heterocycles. The van der Waals surface area contributed by atoms with Crippen molar-refractivity contribution in [2.24, 2.45) is 5.73 Å². The predicted molar refractivity (Wildman–Crippen MR) is 72.3 cm³/mol. The maximum atomic E-state index is 11.0. The number of amides is 1. The summed E-state index contributed by atoms with van der Waals surface area (Å²) in [5.41, 5.74) is 8.20. The van der Waals surface area contributed by atoms with Crippen molar-refractivity contribution >= 4 is 17.7 Å². The van der Waals surface area contributed by atoms with Gasteiger partial charge in [0.2, 0.25) is 5.91 Å². The number of nitrogens with one attached hydrogen (secondary N) is 1. The van der Waals surface area contributed by atoms with Crippen LogP contribution in [-0.2, 0) is 6.54 Å². The maximum absolute atomic E-state index is 11.0. The third-order valence-corrected chi connectivity index (χ3v) is 4.30. The van der Waals surface area contributed by atoms with Crippen LogP contribution in [0.15, 0.2) is 18.2 Å². The van der Waals surface area contributed by atoms with Crippen LogP contribution in [0.5, 0.6) is 0 Å². The van der Waals surface area contributed by atoms with E-state index in [-0.39, 0.29) is 5.91 Å². The van der Waals surface area contributed by atoms with Gasteiger partial charge in [0.05, 0.1) is 0 Å². The van der Waals surface area contributed by atoms with E-state index < -0.39 is 0 Å². The number of nitrogens with two attached hydrogens (primary N) is 1. The topological polar surface area (TPSA) is 55.1 Å². The second-order valence-corrected chi connectivity index (χ2v) is 5.60. The average molecular weight is 250 g/mol. The summed E-state index contributed by atoms with van der Waals surface area (Å²) in [6, 6.07) is 6.29. The third-order valence-electron chi connectivity index (χ3n) is 3.14. The Hall–Kier alpha value is -1.000. The van der Waals surface area contributed by atoms with E-state index in [1.54, 1.807) is 6.07 Å². The van der Waals surface area contributed by atoms with Gasteiger partial charge in [0, 0.05) is 23.9 Å². The van der Waals surface area contributed by atoms with Crippen molar-refractivity contribution in [1.29, 1.82) is 0 Å². The van der Waals surface area contributed by atoms with Crippen molar-refractivity contribution < 1.29 is 4.79 Å². The zero-order valence-corrected chi connectivity index (χ0v) is 10.8. The molecule has 3 nitrogen and oxygen atoms in total. The lowest BCUT2D eigenvalue weighted by atomic mass is 10.0. The first-order chi connectivity index (χ1) is 8.16. The normalized spacial score (nSPS) is 19.5. The Morgan fingerprint density at radius 3 is 3.00 bits per heavy atom. The van der Waals surface area contributed by atoms with E-state index in [0.717, 1.165) is 12.1 Å². The molecule has 92 valence electrons. The predicted octanol–water partition coefficient (Wildman–Crippen LogP) is 1.69. The van der Waals surface area contributed by atoms with Crippen molar-refractivity contribution in [2.75, 3.05) is 11.5 Å². The second kappa shape index (κ2) is 5.56. The van der Waals surface area contributed by atoms with Gasteiger partial charge in [0.1, 0.15) is 0 Å². The van der Waals surface area contributed by atoms with Crippen LogP contribution in [0.25, 0.3) is 0 Å². The molecule has 1 aromatic carbocycles. The number of benzene rings is 1. The number of primary amides is 1. The van der Waals surface area contributed by atoms with E-state index in [4.69, 9.17) is 5.73 Å². The molecular formula is C13H18N2OS. The van der Waals surface area contributed by atoms with E-state index in [1.807, 2.05) is 30.8 Å². The van der Waals surface area contributed by atoms with E-state index in [0.29, 0.717) is 11.6 Å². The van der Waals surface area contributed by atoms with Crippen molar-refractivity contribution in [1.82, 2.24) is 5.32 Å². The van der Waals surface area contributed by atoms with Crippen LogP contribution < -0.4 is 11.1 Å². The van der Waals surface area contributed by atoms with Gasteiger partial charge in [-0.25, -0.2) is 0 Å². The van der Waals surface area contributed by atoms with Crippen LogP contribution in [-0.4, -0.2) is 23.5 Å². The van der Waals surface area contributed by atoms with E-state index in [2.05, 4.69) is 5.32 Å². The van der Waals surface area contributed by atoms with Crippen molar-refractivity contribution in [2.45, 2.75) is 25.9 Å². The molecule has 0 radical (unpaired) electrons. The summed E-state index contributed by atoms with van der Waals surface area (Å²) in [6.45, 7) is 2.89. The Morgan fingerprint density at radius 2 is 2.41 bits per heavy atom. The second-order valence-electron chi connectivity index (χ2n) is 4.45. The van der Waals surface area contributed by atoms with Gasteiger partial charge >= 0.3 is 0 Å². The SMILES string of the molecule is Cc1cc(C(N)=O)ccc1CNC1CCSC1. The van der Waals surface area contributed by atoms with E-state index >= 15 is 0 Å². The number of thioether (sulfide) groups is 1. The van der Waals surface area contributed by atoms with Crippen LogP contribution >= 0.6 is 11.8 Å². The molecule has 1 aromatic rings. The Labute approximate surface area is 106 Å². The zero-order valence-electron chi connectivity index (χ0n) is 10.0. The number of carbonyl (C=O) groups is 1. The van der Waals surface area contributed by atoms with Crippen molar-refractivity contribution in [3.8, 4) is 0 Å². The first-order valence-electron chi connectivity index (χ1n) is 5.87. The van der Waals surface area contributed by atoms with Gasteiger partial charge in [-0.15, -0.1) is 0 Å². The molecule has 3 N–H and O–H groups in total. The fourth-order valence-electron chi connectivity index (χ4n) is 2.00. The molecule has 1 saturated heterocycles. The molecule has 4 heteroatoms. The minimum Gasteiger partial charge on any atom is -0.366 e. The third kappa shape index (κ3) is 3.23. The zero-order chi connectivity index (χ0) is 12.3. The number of aryl methyl sites for hydroxylation is 1. The van der Waals surface area contributed by atoms with Gasteiger partial charge < -0.3 is 11.1 Å². The Bertz CT molecular complexity index is 414. The molecule has 1 fully saturated rings. The van der Waals surface area contributed by atoms with Gasteiger partial charge in [-0.3, -0.25) is 4.79 Å². The lowest BCUT2D eigenvalue weighted by Crippen LogP contribution is -2.28. The van der Waals surface area contributed by atoms with Crippen molar-refractivity contribution in [3.63, 3.8) is 0 Å². The molecule has 0 aromatic heterocycles. The summed E-state index contributed by atoms with van der Waals surface area (Å²) in [5.74, 6) is 2.11. The molecule has 1 atom stereocenters. The van der Waals surface area contributed by atoms with Crippen LogP contribution in [0.4, 0.5) is 0 Å². The number of hydrogen-bond donors (Lipinski definition) is 2. The smallest absolute Gasteiger partial charge is 0.248 e. The van der Waals surface area contributed by atoms with Crippen LogP contribution in [0, 0.1) is 6.92 Å². The van der Waals surface area contributed by atoms with Crippen LogP contribution in [0.1, 0.15) is 27.9 Å².